The number of hydrogen-bond donors (Lipinski definition) is 1. The molecule has 0 spiro atoms. The molecule has 0 unspecified atom stereocenters. The minimum absolute atomic E-state index is 0.136. The Morgan fingerprint density at radius 3 is 2.23 bits per heavy atom. The molecule has 0 aliphatic carbocycles. The standard InChI is InChI=1S/C20H13F3N2O/c21-20(22,23)17-8-6-13(7-9-17)10-15-11-16(12-24)18(25-19(15)26)14-4-2-1-3-5-14/h1-9,11H,10H2,(H,25,26). The van der Waals surface area contributed by atoms with Crippen molar-refractivity contribution in [2.75, 3.05) is 0 Å². The predicted molar refractivity (Wildman–Crippen MR) is 91.5 cm³/mol. The highest BCUT2D eigenvalue weighted by molar-refractivity contribution is 5.66. The minimum atomic E-state index is -4.40. The third-order valence-corrected chi connectivity index (χ3v) is 3.98. The molecule has 1 N–H and O–H groups in total. The highest BCUT2D eigenvalue weighted by Crippen LogP contribution is 2.29. The summed E-state index contributed by atoms with van der Waals surface area (Å²) < 4.78 is 37.9. The Balaban J connectivity index is 1.95. The van der Waals surface area contributed by atoms with Crippen molar-refractivity contribution >= 4 is 0 Å². The van der Waals surface area contributed by atoms with Crippen LogP contribution in [0, 0.1) is 11.3 Å². The zero-order valence-electron chi connectivity index (χ0n) is 13.5. The first kappa shape index (κ1) is 17.5. The zero-order chi connectivity index (χ0) is 18.7. The number of nitrogens with zero attached hydrogens (tertiary/aromatic N) is 1. The summed E-state index contributed by atoms with van der Waals surface area (Å²) >= 11 is 0. The third kappa shape index (κ3) is 3.67. The number of H-pyrrole nitrogens is 1. The van der Waals surface area contributed by atoms with E-state index in [1.165, 1.54) is 18.2 Å². The summed E-state index contributed by atoms with van der Waals surface area (Å²) in [5.41, 5.74) is 1.20. The van der Waals surface area contributed by atoms with Crippen molar-refractivity contribution in [3.05, 3.63) is 93.3 Å². The lowest BCUT2D eigenvalue weighted by Crippen LogP contribution is -2.15. The van der Waals surface area contributed by atoms with Gasteiger partial charge in [0, 0.05) is 12.0 Å². The molecule has 6 heteroatoms. The van der Waals surface area contributed by atoms with Gasteiger partial charge in [0.1, 0.15) is 6.07 Å². The fourth-order valence-electron chi connectivity index (χ4n) is 2.66. The third-order valence-electron chi connectivity index (χ3n) is 3.98. The van der Waals surface area contributed by atoms with Gasteiger partial charge in [-0.15, -0.1) is 0 Å². The van der Waals surface area contributed by atoms with Crippen LogP contribution in [0.15, 0.2) is 65.5 Å². The summed E-state index contributed by atoms with van der Waals surface area (Å²) in [7, 11) is 0. The highest BCUT2D eigenvalue weighted by atomic mass is 19.4. The van der Waals surface area contributed by atoms with E-state index in [0.29, 0.717) is 27.9 Å². The summed E-state index contributed by atoms with van der Waals surface area (Å²) in [4.78, 5) is 15.1. The van der Waals surface area contributed by atoms with Gasteiger partial charge in [-0.1, -0.05) is 42.5 Å². The van der Waals surface area contributed by atoms with Crippen molar-refractivity contribution in [2.24, 2.45) is 0 Å². The van der Waals surface area contributed by atoms with Gasteiger partial charge >= 0.3 is 6.18 Å². The van der Waals surface area contributed by atoms with Crippen molar-refractivity contribution < 1.29 is 13.2 Å². The lowest BCUT2D eigenvalue weighted by atomic mass is 10.0. The fourth-order valence-corrected chi connectivity index (χ4v) is 2.66. The van der Waals surface area contributed by atoms with E-state index in [4.69, 9.17) is 0 Å². The molecule has 1 aromatic heterocycles. The molecule has 2 aromatic carbocycles. The molecule has 0 fully saturated rings. The van der Waals surface area contributed by atoms with E-state index < -0.39 is 11.7 Å². The van der Waals surface area contributed by atoms with E-state index >= 15 is 0 Å². The Hall–Kier alpha value is -3.33. The van der Waals surface area contributed by atoms with E-state index in [1.807, 2.05) is 6.07 Å². The van der Waals surface area contributed by atoms with Crippen LogP contribution in [-0.4, -0.2) is 4.98 Å². The molecule has 0 bridgehead atoms. The minimum Gasteiger partial charge on any atom is -0.321 e. The Kier molecular flexibility index (Phi) is 4.63. The zero-order valence-corrected chi connectivity index (χ0v) is 13.5. The number of aromatic amines is 1. The van der Waals surface area contributed by atoms with Gasteiger partial charge in [0.15, 0.2) is 0 Å². The SMILES string of the molecule is N#Cc1cc(Cc2ccc(C(F)(F)F)cc2)c(=O)[nH]c1-c1ccccc1. The Bertz CT molecular complexity index is 1010. The van der Waals surface area contributed by atoms with Crippen molar-refractivity contribution in [1.29, 1.82) is 5.26 Å². The molecular weight excluding hydrogens is 341 g/mol. The van der Waals surface area contributed by atoms with Crippen LogP contribution in [0.2, 0.25) is 0 Å². The van der Waals surface area contributed by atoms with Gasteiger partial charge in [-0.25, -0.2) is 0 Å². The quantitative estimate of drug-likeness (QED) is 0.752. The van der Waals surface area contributed by atoms with Crippen LogP contribution in [0.3, 0.4) is 0 Å². The van der Waals surface area contributed by atoms with Crippen LogP contribution in [0.1, 0.15) is 22.3 Å². The van der Waals surface area contributed by atoms with Crippen molar-refractivity contribution in [3.8, 4) is 17.3 Å². The molecule has 3 nitrogen and oxygen atoms in total. The molecule has 0 saturated heterocycles. The molecule has 3 rings (SSSR count). The number of halogens is 3. The Labute approximate surface area is 147 Å². The average Bonchev–Trinajstić information content (AvgIpc) is 2.63. The summed E-state index contributed by atoms with van der Waals surface area (Å²) in [5, 5.41) is 9.39. The normalized spacial score (nSPS) is 11.2. The van der Waals surface area contributed by atoms with Gasteiger partial charge in [-0.05, 0) is 29.3 Å². The first-order chi connectivity index (χ1) is 12.4. The van der Waals surface area contributed by atoms with Gasteiger partial charge in [0.2, 0.25) is 0 Å². The first-order valence-corrected chi connectivity index (χ1v) is 7.76. The maximum atomic E-state index is 12.6. The number of alkyl halides is 3. The lowest BCUT2D eigenvalue weighted by Gasteiger charge is -2.09. The highest BCUT2D eigenvalue weighted by Gasteiger charge is 2.29. The number of nitriles is 1. The largest absolute Gasteiger partial charge is 0.416 e. The molecule has 0 atom stereocenters. The van der Waals surface area contributed by atoms with E-state index in [-0.39, 0.29) is 12.0 Å². The molecule has 26 heavy (non-hydrogen) atoms. The maximum absolute atomic E-state index is 12.6. The van der Waals surface area contributed by atoms with Crippen LogP contribution in [-0.2, 0) is 12.6 Å². The number of rotatable bonds is 3. The van der Waals surface area contributed by atoms with Crippen molar-refractivity contribution in [2.45, 2.75) is 12.6 Å². The molecular formula is C20H13F3N2O. The van der Waals surface area contributed by atoms with Crippen LogP contribution in [0.5, 0.6) is 0 Å². The van der Waals surface area contributed by atoms with Gasteiger partial charge in [0.25, 0.3) is 5.56 Å². The number of hydrogen-bond acceptors (Lipinski definition) is 2. The summed E-state index contributed by atoms with van der Waals surface area (Å²) in [5.74, 6) is 0. The number of benzene rings is 2. The first-order valence-electron chi connectivity index (χ1n) is 7.76. The molecule has 0 radical (unpaired) electrons. The van der Waals surface area contributed by atoms with Crippen LogP contribution < -0.4 is 5.56 Å². The summed E-state index contributed by atoms with van der Waals surface area (Å²) in [6, 6.07) is 17.1. The second-order valence-corrected chi connectivity index (χ2v) is 5.76. The van der Waals surface area contributed by atoms with Gasteiger partial charge in [-0.2, -0.15) is 18.4 Å². The van der Waals surface area contributed by atoms with Gasteiger partial charge in [-0.3, -0.25) is 4.79 Å². The average molecular weight is 354 g/mol. The summed E-state index contributed by atoms with van der Waals surface area (Å²) in [6.45, 7) is 0. The topological polar surface area (TPSA) is 56.6 Å². The number of pyridine rings is 1. The maximum Gasteiger partial charge on any atom is 0.416 e. The smallest absolute Gasteiger partial charge is 0.321 e. The molecule has 0 aliphatic rings. The van der Waals surface area contributed by atoms with Crippen LogP contribution in [0.4, 0.5) is 13.2 Å². The Morgan fingerprint density at radius 2 is 1.65 bits per heavy atom. The lowest BCUT2D eigenvalue weighted by molar-refractivity contribution is -0.137. The molecule has 130 valence electrons. The second-order valence-electron chi connectivity index (χ2n) is 5.76. The molecule has 0 aliphatic heterocycles. The molecule has 0 amide bonds. The predicted octanol–water partition coefficient (Wildman–Crippen LogP) is 4.52. The van der Waals surface area contributed by atoms with Crippen molar-refractivity contribution in [3.63, 3.8) is 0 Å². The van der Waals surface area contributed by atoms with Crippen LogP contribution in [0.25, 0.3) is 11.3 Å². The van der Waals surface area contributed by atoms with E-state index in [9.17, 15) is 23.2 Å². The number of nitrogens with one attached hydrogen (secondary N) is 1. The summed E-state index contributed by atoms with van der Waals surface area (Å²) in [6.07, 6.45) is -4.27. The van der Waals surface area contributed by atoms with Gasteiger partial charge in [0.05, 0.1) is 16.8 Å². The van der Waals surface area contributed by atoms with E-state index in [0.717, 1.165) is 12.1 Å². The van der Waals surface area contributed by atoms with E-state index in [2.05, 4.69) is 11.1 Å². The monoisotopic (exact) mass is 354 g/mol. The molecule has 1 heterocycles. The van der Waals surface area contributed by atoms with Crippen molar-refractivity contribution in [1.82, 2.24) is 4.98 Å². The van der Waals surface area contributed by atoms with Crippen LogP contribution >= 0.6 is 0 Å². The van der Waals surface area contributed by atoms with E-state index in [1.54, 1.807) is 24.3 Å². The fraction of sp³-hybridized carbons (Fsp3) is 0.100. The Morgan fingerprint density at radius 1 is 1.00 bits per heavy atom. The second kappa shape index (κ2) is 6.89. The number of aromatic nitrogens is 1. The van der Waals surface area contributed by atoms with Gasteiger partial charge < -0.3 is 4.98 Å². The molecule has 0 saturated carbocycles. The molecule has 3 aromatic rings.